The molecule has 246 valence electrons. The summed E-state index contributed by atoms with van der Waals surface area (Å²) in [5.41, 5.74) is 1.13. The van der Waals surface area contributed by atoms with E-state index in [9.17, 15) is 27.9 Å². The third-order valence-electron chi connectivity index (χ3n) is 7.03. The molecular weight excluding hydrogens is 585 g/mol. The van der Waals surface area contributed by atoms with Crippen LogP contribution in [0.1, 0.15) is 73.4 Å². The highest BCUT2D eigenvalue weighted by Crippen LogP contribution is 2.29. The number of benzene rings is 2. The monoisotopic (exact) mass is 630 g/mol. The van der Waals surface area contributed by atoms with Crippen molar-refractivity contribution in [1.82, 2.24) is 15.3 Å². The van der Waals surface area contributed by atoms with Gasteiger partial charge in [0.15, 0.2) is 0 Å². The van der Waals surface area contributed by atoms with E-state index in [2.05, 4.69) is 48.3 Å². The first-order chi connectivity index (χ1) is 21.0. The van der Waals surface area contributed by atoms with Crippen LogP contribution >= 0.6 is 0 Å². The minimum absolute atomic E-state index is 0.106. The molecule has 1 heterocycles. The molecule has 0 saturated heterocycles. The van der Waals surface area contributed by atoms with Crippen molar-refractivity contribution in [2.24, 2.45) is 0 Å². The summed E-state index contributed by atoms with van der Waals surface area (Å²) < 4.78 is 38.1. The molecule has 9 nitrogen and oxygen atoms in total. The Balaban J connectivity index is 0.000000681. The summed E-state index contributed by atoms with van der Waals surface area (Å²) in [6, 6.07) is 12.3. The number of halogens is 3. The van der Waals surface area contributed by atoms with Crippen LogP contribution in [0, 0.1) is 0 Å². The number of nitrogens with zero attached hydrogens (tertiary/aromatic N) is 4. The van der Waals surface area contributed by atoms with Gasteiger partial charge in [0, 0.05) is 63.5 Å². The lowest BCUT2D eigenvalue weighted by Gasteiger charge is -2.22. The van der Waals surface area contributed by atoms with E-state index in [-0.39, 0.29) is 12.0 Å². The maximum absolute atomic E-state index is 12.7. The van der Waals surface area contributed by atoms with E-state index in [1.54, 1.807) is 62.3 Å². The van der Waals surface area contributed by atoms with E-state index in [0.717, 1.165) is 29.8 Å². The summed E-state index contributed by atoms with van der Waals surface area (Å²) in [5, 5.41) is 15.5. The van der Waals surface area contributed by atoms with Crippen molar-refractivity contribution in [3.63, 3.8) is 0 Å². The fourth-order valence-electron chi connectivity index (χ4n) is 4.26. The van der Waals surface area contributed by atoms with Gasteiger partial charge in [0.05, 0.1) is 12.0 Å². The Morgan fingerprint density at radius 2 is 1.33 bits per heavy atom. The first-order valence-electron chi connectivity index (χ1n) is 14.8. The number of alkyl halides is 3. The largest absolute Gasteiger partial charge is 0.481 e. The summed E-state index contributed by atoms with van der Waals surface area (Å²) in [6.07, 6.45) is -1.86. The fourth-order valence-corrected chi connectivity index (χ4v) is 4.26. The van der Waals surface area contributed by atoms with Gasteiger partial charge in [-0.2, -0.15) is 13.2 Å². The number of carboxylic acid groups (broad SMARTS) is 1. The molecule has 0 bridgehead atoms. The van der Waals surface area contributed by atoms with Gasteiger partial charge in [-0.15, -0.1) is 0 Å². The topological polar surface area (TPSA) is 111 Å². The molecule has 1 amide bonds. The van der Waals surface area contributed by atoms with E-state index in [0.29, 0.717) is 47.2 Å². The smallest absolute Gasteiger partial charge is 0.416 e. The van der Waals surface area contributed by atoms with Crippen LogP contribution in [0.25, 0.3) is 0 Å². The number of carbonyl (C=O) groups is 2. The molecule has 0 radical (unpaired) electrons. The van der Waals surface area contributed by atoms with Gasteiger partial charge in [0.25, 0.3) is 5.91 Å². The highest BCUT2D eigenvalue weighted by molar-refractivity contribution is 6.04. The molecule has 0 fully saturated rings. The first-order valence-corrected chi connectivity index (χ1v) is 14.8. The zero-order valence-corrected chi connectivity index (χ0v) is 27.3. The predicted molar refractivity (Wildman–Crippen MR) is 173 cm³/mol. The van der Waals surface area contributed by atoms with Crippen LogP contribution in [0.15, 0.2) is 48.5 Å². The second-order valence-electron chi connectivity index (χ2n) is 11.3. The van der Waals surface area contributed by atoms with E-state index in [1.807, 2.05) is 0 Å². The van der Waals surface area contributed by atoms with Crippen molar-refractivity contribution >= 4 is 29.2 Å². The number of anilines is 3. The first kappa shape index (κ1) is 37.0. The number of hydrogen-bond donors (Lipinski definition) is 3. The molecule has 0 aliphatic heterocycles. The van der Waals surface area contributed by atoms with Gasteiger partial charge >= 0.3 is 12.1 Å². The average Bonchev–Trinajstić information content (AvgIpc) is 2.98. The summed E-state index contributed by atoms with van der Waals surface area (Å²) in [5.74, 6) is 0.0303. The van der Waals surface area contributed by atoms with Crippen LogP contribution in [0.3, 0.4) is 0 Å². The van der Waals surface area contributed by atoms with Crippen LogP contribution in [-0.2, 0) is 23.8 Å². The molecule has 0 aliphatic rings. The van der Waals surface area contributed by atoms with Gasteiger partial charge in [-0.05, 0) is 68.7 Å². The minimum atomic E-state index is -4.47. The highest BCUT2D eigenvalue weighted by Gasteiger charge is 2.30. The van der Waals surface area contributed by atoms with Crippen molar-refractivity contribution in [3.8, 4) is 0 Å². The SMILES string of the molecule is CCC(C)NC(C)CC.CN(C)c1nc(Cc2ccc(NC(=O)c3ccc(C(F)(F)F)cc3)cc2)nc(N(C)C)c1CC(=O)O. The summed E-state index contributed by atoms with van der Waals surface area (Å²) >= 11 is 0. The lowest BCUT2D eigenvalue weighted by Crippen LogP contribution is -2.33. The van der Waals surface area contributed by atoms with Crippen LogP contribution in [-0.4, -0.2) is 67.2 Å². The summed E-state index contributed by atoms with van der Waals surface area (Å²) in [6.45, 7) is 8.87. The van der Waals surface area contributed by atoms with Gasteiger partial charge in [-0.25, -0.2) is 9.97 Å². The van der Waals surface area contributed by atoms with Crippen molar-refractivity contribution < 1.29 is 27.9 Å². The Kier molecular flexibility index (Phi) is 13.8. The normalized spacial score (nSPS) is 12.4. The van der Waals surface area contributed by atoms with Crippen molar-refractivity contribution in [2.45, 2.75) is 71.6 Å². The molecular formula is C33H45F3N6O3. The number of aliphatic carboxylic acids is 1. The molecule has 0 spiro atoms. The second-order valence-corrected chi connectivity index (χ2v) is 11.3. The number of rotatable bonds is 12. The minimum Gasteiger partial charge on any atom is -0.481 e. The molecule has 3 N–H and O–H groups in total. The Labute approximate surface area is 263 Å². The van der Waals surface area contributed by atoms with Crippen LogP contribution in [0.4, 0.5) is 30.5 Å². The Morgan fingerprint density at radius 3 is 1.73 bits per heavy atom. The summed E-state index contributed by atoms with van der Waals surface area (Å²) in [7, 11) is 7.13. The lowest BCUT2D eigenvalue weighted by atomic mass is 10.1. The van der Waals surface area contributed by atoms with Crippen LogP contribution in [0.5, 0.6) is 0 Å². The van der Waals surface area contributed by atoms with Gasteiger partial charge in [-0.3, -0.25) is 9.59 Å². The molecule has 0 saturated carbocycles. The molecule has 1 aromatic heterocycles. The molecule has 45 heavy (non-hydrogen) atoms. The zero-order valence-electron chi connectivity index (χ0n) is 27.3. The molecule has 3 rings (SSSR count). The Hall–Kier alpha value is -4.19. The second kappa shape index (κ2) is 16.8. The molecule has 0 aliphatic carbocycles. The van der Waals surface area contributed by atoms with Crippen molar-refractivity contribution in [2.75, 3.05) is 43.3 Å². The number of aromatic nitrogens is 2. The van der Waals surface area contributed by atoms with Gasteiger partial charge in [0.1, 0.15) is 17.5 Å². The Morgan fingerprint density at radius 1 is 0.844 bits per heavy atom. The van der Waals surface area contributed by atoms with Gasteiger partial charge in [0.2, 0.25) is 0 Å². The molecule has 2 unspecified atom stereocenters. The third-order valence-corrected chi connectivity index (χ3v) is 7.03. The van der Waals surface area contributed by atoms with Crippen molar-refractivity contribution in [3.05, 3.63) is 76.6 Å². The fraction of sp³-hybridized carbons (Fsp3) is 0.455. The van der Waals surface area contributed by atoms with Gasteiger partial charge < -0.3 is 25.5 Å². The summed E-state index contributed by atoms with van der Waals surface area (Å²) in [4.78, 5) is 36.4. The van der Waals surface area contributed by atoms with Gasteiger partial charge in [-0.1, -0.05) is 26.0 Å². The van der Waals surface area contributed by atoms with Crippen molar-refractivity contribution in [1.29, 1.82) is 0 Å². The van der Waals surface area contributed by atoms with Crippen LogP contribution < -0.4 is 20.4 Å². The molecule has 2 aromatic carbocycles. The number of hydrogen-bond acceptors (Lipinski definition) is 7. The molecule has 12 heteroatoms. The van der Waals surface area contributed by atoms with E-state index < -0.39 is 23.6 Å². The lowest BCUT2D eigenvalue weighted by molar-refractivity contribution is -0.138. The number of nitrogens with one attached hydrogen (secondary N) is 2. The standard InChI is InChI=1S/C25H26F3N5O3.C8H19N/c1-32(2)22-19(14-21(34)35)23(33(3)4)31-20(30-22)13-15-5-11-18(12-6-15)29-24(36)16-7-9-17(10-8-16)25(26,27)28;1-5-7(3)9-8(4)6-2/h5-12H,13-14H2,1-4H3,(H,29,36)(H,34,35);7-9H,5-6H2,1-4H3. The van der Waals surface area contributed by atoms with Crippen LogP contribution in [0.2, 0.25) is 0 Å². The molecule has 2 atom stereocenters. The number of carbonyl (C=O) groups excluding carboxylic acids is 1. The quantitative estimate of drug-likeness (QED) is 0.215. The number of carboxylic acids is 1. The van der Waals surface area contributed by atoms with E-state index in [4.69, 9.17) is 0 Å². The maximum Gasteiger partial charge on any atom is 0.416 e. The highest BCUT2D eigenvalue weighted by atomic mass is 19.4. The average molecular weight is 631 g/mol. The maximum atomic E-state index is 12.7. The zero-order chi connectivity index (χ0) is 33.9. The Bertz CT molecular complexity index is 1360. The third kappa shape index (κ3) is 11.7. The number of amides is 1. The molecule has 3 aromatic rings. The van der Waals surface area contributed by atoms with E-state index in [1.165, 1.54) is 12.8 Å². The predicted octanol–water partition coefficient (Wildman–Crippen LogP) is 6.27. The van der Waals surface area contributed by atoms with E-state index >= 15 is 0 Å².